The van der Waals surface area contributed by atoms with E-state index in [1.165, 1.54) is 6.07 Å². The molecule has 1 amide bonds. The average molecular weight is 390 g/mol. The van der Waals surface area contributed by atoms with Crippen LogP contribution in [0, 0.1) is 0 Å². The Kier molecular flexibility index (Phi) is 6.58. The summed E-state index contributed by atoms with van der Waals surface area (Å²) in [5, 5.41) is 3.12. The Morgan fingerprint density at radius 2 is 1.77 bits per heavy atom. The van der Waals surface area contributed by atoms with Crippen molar-refractivity contribution in [3.8, 4) is 0 Å². The fraction of sp³-hybridized carbons (Fsp3) is 0.0526. The summed E-state index contributed by atoms with van der Waals surface area (Å²) in [6.07, 6.45) is 1.65. The summed E-state index contributed by atoms with van der Waals surface area (Å²) < 4.78 is 0. The number of rotatable bonds is 5. The highest BCUT2D eigenvalue weighted by molar-refractivity contribution is 6.31. The Morgan fingerprint density at radius 1 is 1.04 bits per heavy atom. The molecule has 0 spiro atoms. The SMILES string of the molecule is Cl.N[C@H](C(=O)Nc1ccc(Cl)cc1C(=O)c1ccc[nH]1)c1ccccc1. The van der Waals surface area contributed by atoms with E-state index in [0.29, 0.717) is 27.5 Å². The van der Waals surface area contributed by atoms with Crippen molar-refractivity contribution in [3.63, 3.8) is 0 Å². The number of hydrogen-bond acceptors (Lipinski definition) is 3. The maximum atomic E-state index is 12.6. The maximum Gasteiger partial charge on any atom is 0.245 e. The number of carbonyl (C=O) groups is 2. The molecule has 0 radical (unpaired) electrons. The molecule has 0 bridgehead atoms. The number of hydrogen-bond donors (Lipinski definition) is 3. The number of benzene rings is 2. The van der Waals surface area contributed by atoms with Crippen molar-refractivity contribution < 1.29 is 9.59 Å². The Labute approximate surface area is 162 Å². The lowest BCUT2D eigenvalue weighted by atomic mass is 10.0. The zero-order valence-electron chi connectivity index (χ0n) is 13.6. The summed E-state index contributed by atoms with van der Waals surface area (Å²) in [4.78, 5) is 28.0. The number of ketones is 1. The van der Waals surface area contributed by atoms with Crippen molar-refractivity contribution in [1.29, 1.82) is 0 Å². The molecule has 1 heterocycles. The van der Waals surface area contributed by atoms with Crippen molar-refractivity contribution in [2.45, 2.75) is 6.04 Å². The van der Waals surface area contributed by atoms with Crippen LogP contribution in [0.25, 0.3) is 0 Å². The first-order chi connectivity index (χ1) is 12.1. The van der Waals surface area contributed by atoms with Crippen LogP contribution in [0.3, 0.4) is 0 Å². The van der Waals surface area contributed by atoms with Crippen molar-refractivity contribution in [1.82, 2.24) is 4.98 Å². The molecule has 4 N–H and O–H groups in total. The predicted octanol–water partition coefficient (Wildman–Crippen LogP) is 3.96. The lowest BCUT2D eigenvalue weighted by molar-refractivity contribution is -0.117. The Hall–Kier alpha value is -2.60. The summed E-state index contributed by atoms with van der Waals surface area (Å²) in [5.41, 5.74) is 7.76. The molecular weight excluding hydrogens is 373 g/mol. The summed E-state index contributed by atoms with van der Waals surface area (Å²) in [7, 11) is 0. The molecule has 0 aliphatic heterocycles. The van der Waals surface area contributed by atoms with Gasteiger partial charge in [-0.05, 0) is 35.9 Å². The molecule has 0 fully saturated rings. The largest absolute Gasteiger partial charge is 0.359 e. The molecule has 3 rings (SSSR count). The monoisotopic (exact) mass is 389 g/mol. The number of carbonyl (C=O) groups excluding carboxylic acids is 2. The van der Waals surface area contributed by atoms with Crippen LogP contribution in [0.15, 0.2) is 66.9 Å². The fourth-order valence-corrected chi connectivity index (χ4v) is 2.62. The standard InChI is InChI=1S/C19H16ClN3O2.ClH/c20-13-8-9-15(14(11-13)18(24)16-7-4-10-22-16)23-19(25)17(21)12-5-2-1-3-6-12;/h1-11,17,22H,21H2,(H,23,25);1H/t17-;/m0./s1. The molecule has 0 saturated heterocycles. The van der Waals surface area contributed by atoms with E-state index >= 15 is 0 Å². The first-order valence-corrected chi connectivity index (χ1v) is 8.03. The topological polar surface area (TPSA) is 88.0 Å². The van der Waals surface area contributed by atoms with E-state index in [4.69, 9.17) is 17.3 Å². The molecule has 5 nitrogen and oxygen atoms in total. The van der Waals surface area contributed by atoms with E-state index in [1.54, 1.807) is 42.6 Å². The number of H-pyrrole nitrogens is 1. The first-order valence-electron chi connectivity index (χ1n) is 7.65. The molecule has 3 aromatic rings. The number of nitrogens with one attached hydrogen (secondary N) is 2. The average Bonchev–Trinajstić information content (AvgIpc) is 3.17. The van der Waals surface area contributed by atoms with Crippen LogP contribution in [0.2, 0.25) is 5.02 Å². The Balaban J connectivity index is 0.00000243. The van der Waals surface area contributed by atoms with E-state index in [-0.39, 0.29) is 18.2 Å². The van der Waals surface area contributed by atoms with Gasteiger partial charge in [0.25, 0.3) is 0 Å². The molecular formula is C19H17Cl2N3O2. The Bertz CT molecular complexity index is 896. The quantitative estimate of drug-likeness (QED) is 0.577. The molecule has 2 aromatic carbocycles. The molecule has 0 unspecified atom stereocenters. The molecule has 134 valence electrons. The number of aromatic amines is 1. The minimum Gasteiger partial charge on any atom is -0.359 e. The molecule has 0 aliphatic rings. The zero-order valence-corrected chi connectivity index (χ0v) is 15.2. The van der Waals surface area contributed by atoms with Gasteiger partial charge in [-0.3, -0.25) is 9.59 Å². The van der Waals surface area contributed by atoms with Gasteiger partial charge in [0.2, 0.25) is 11.7 Å². The van der Waals surface area contributed by atoms with Gasteiger partial charge in [0.05, 0.1) is 11.4 Å². The van der Waals surface area contributed by atoms with Gasteiger partial charge in [-0.2, -0.15) is 0 Å². The minimum atomic E-state index is -0.842. The van der Waals surface area contributed by atoms with Gasteiger partial charge in [0, 0.05) is 16.8 Å². The number of anilines is 1. The molecule has 0 saturated carbocycles. The van der Waals surface area contributed by atoms with Crippen molar-refractivity contribution in [3.05, 3.63) is 88.7 Å². The first kappa shape index (κ1) is 19.7. The van der Waals surface area contributed by atoms with E-state index < -0.39 is 11.9 Å². The zero-order chi connectivity index (χ0) is 17.8. The second-order valence-electron chi connectivity index (χ2n) is 5.48. The van der Waals surface area contributed by atoms with E-state index in [1.807, 2.05) is 18.2 Å². The molecule has 1 aromatic heterocycles. The molecule has 7 heteroatoms. The molecule has 1 atom stereocenters. The fourth-order valence-electron chi connectivity index (χ4n) is 2.45. The van der Waals surface area contributed by atoms with Gasteiger partial charge in [0.15, 0.2) is 0 Å². The second kappa shape index (κ2) is 8.67. The van der Waals surface area contributed by atoms with Crippen molar-refractivity contribution in [2.24, 2.45) is 5.73 Å². The summed E-state index contributed by atoms with van der Waals surface area (Å²) >= 11 is 6.02. The number of nitrogens with two attached hydrogens (primary N) is 1. The Morgan fingerprint density at radius 3 is 2.42 bits per heavy atom. The lowest BCUT2D eigenvalue weighted by Crippen LogP contribution is -2.28. The van der Waals surface area contributed by atoms with Gasteiger partial charge in [0.1, 0.15) is 6.04 Å². The van der Waals surface area contributed by atoms with Crippen LogP contribution < -0.4 is 11.1 Å². The maximum absolute atomic E-state index is 12.6. The van der Waals surface area contributed by atoms with Crippen LogP contribution in [0.5, 0.6) is 0 Å². The summed E-state index contributed by atoms with van der Waals surface area (Å²) in [5.74, 6) is -0.676. The smallest absolute Gasteiger partial charge is 0.245 e. The third-order valence-corrected chi connectivity index (χ3v) is 4.00. The van der Waals surface area contributed by atoms with Gasteiger partial charge in [-0.1, -0.05) is 41.9 Å². The predicted molar refractivity (Wildman–Crippen MR) is 105 cm³/mol. The van der Waals surface area contributed by atoms with Gasteiger partial charge < -0.3 is 16.0 Å². The van der Waals surface area contributed by atoms with Crippen LogP contribution in [0.1, 0.15) is 27.7 Å². The second-order valence-corrected chi connectivity index (χ2v) is 5.92. The van der Waals surface area contributed by atoms with Gasteiger partial charge in [-0.25, -0.2) is 0 Å². The van der Waals surface area contributed by atoms with Gasteiger partial charge >= 0.3 is 0 Å². The highest BCUT2D eigenvalue weighted by Gasteiger charge is 2.20. The number of aromatic nitrogens is 1. The normalized spacial score (nSPS) is 11.3. The summed E-state index contributed by atoms with van der Waals surface area (Å²) in [6, 6.07) is 16.3. The van der Waals surface area contributed by atoms with Gasteiger partial charge in [-0.15, -0.1) is 12.4 Å². The lowest BCUT2D eigenvalue weighted by Gasteiger charge is -2.15. The van der Waals surface area contributed by atoms with E-state index in [9.17, 15) is 9.59 Å². The summed E-state index contributed by atoms with van der Waals surface area (Å²) in [6.45, 7) is 0. The van der Waals surface area contributed by atoms with Crippen LogP contribution in [-0.2, 0) is 4.79 Å². The minimum absolute atomic E-state index is 0. The molecule has 26 heavy (non-hydrogen) atoms. The third-order valence-electron chi connectivity index (χ3n) is 3.77. The van der Waals surface area contributed by atoms with Crippen molar-refractivity contribution in [2.75, 3.05) is 5.32 Å². The van der Waals surface area contributed by atoms with Crippen LogP contribution in [-0.4, -0.2) is 16.7 Å². The van der Waals surface area contributed by atoms with Crippen LogP contribution >= 0.6 is 24.0 Å². The van der Waals surface area contributed by atoms with E-state index in [2.05, 4.69) is 10.3 Å². The third kappa shape index (κ3) is 4.32. The van der Waals surface area contributed by atoms with Crippen molar-refractivity contribution >= 4 is 41.4 Å². The highest BCUT2D eigenvalue weighted by atomic mass is 35.5. The highest BCUT2D eigenvalue weighted by Crippen LogP contribution is 2.24. The van der Waals surface area contributed by atoms with E-state index in [0.717, 1.165) is 0 Å². The number of amides is 1. The number of halogens is 2. The molecule has 0 aliphatic carbocycles. The van der Waals surface area contributed by atoms with Crippen LogP contribution in [0.4, 0.5) is 5.69 Å².